The SMILES string of the molecule is C[C@@H]1C=C[C@H](C)[C@H](CCC#C[Si](C)(C)C)O1. The molecule has 0 amide bonds. The van der Waals surface area contributed by atoms with Gasteiger partial charge in [0, 0.05) is 12.3 Å². The van der Waals surface area contributed by atoms with Crippen molar-refractivity contribution in [2.45, 2.75) is 58.5 Å². The maximum atomic E-state index is 5.89. The van der Waals surface area contributed by atoms with Crippen molar-refractivity contribution in [1.82, 2.24) is 0 Å². The fourth-order valence-corrected chi connectivity index (χ4v) is 2.43. The lowest BCUT2D eigenvalue weighted by atomic mass is 9.97. The summed E-state index contributed by atoms with van der Waals surface area (Å²) in [4.78, 5) is 0. The largest absolute Gasteiger partial charge is 0.371 e. The van der Waals surface area contributed by atoms with Crippen LogP contribution in [0.5, 0.6) is 0 Å². The lowest BCUT2D eigenvalue weighted by Crippen LogP contribution is -2.28. The van der Waals surface area contributed by atoms with Gasteiger partial charge in [0.1, 0.15) is 8.07 Å². The Kier molecular flexibility index (Phi) is 4.82. The molecule has 0 spiro atoms. The molecule has 0 unspecified atom stereocenters. The minimum absolute atomic E-state index is 0.270. The second kappa shape index (κ2) is 5.70. The Morgan fingerprint density at radius 3 is 2.50 bits per heavy atom. The third-order valence-electron chi connectivity index (χ3n) is 2.68. The molecule has 0 saturated heterocycles. The molecule has 0 N–H and O–H groups in total. The number of hydrogen-bond acceptors (Lipinski definition) is 1. The minimum atomic E-state index is -1.19. The first-order chi connectivity index (χ1) is 7.38. The topological polar surface area (TPSA) is 9.23 Å². The summed E-state index contributed by atoms with van der Waals surface area (Å²) < 4.78 is 5.89. The van der Waals surface area contributed by atoms with Gasteiger partial charge in [-0.3, -0.25) is 0 Å². The summed E-state index contributed by atoms with van der Waals surface area (Å²) in [6.07, 6.45) is 7.08. The molecule has 1 aliphatic rings. The second-order valence-corrected chi connectivity index (χ2v) is 10.5. The molecular formula is C14H24OSi. The predicted molar refractivity (Wildman–Crippen MR) is 73.0 cm³/mol. The quantitative estimate of drug-likeness (QED) is 0.404. The van der Waals surface area contributed by atoms with E-state index in [9.17, 15) is 0 Å². The van der Waals surface area contributed by atoms with Gasteiger partial charge in [0.05, 0.1) is 12.2 Å². The van der Waals surface area contributed by atoms with Crippen LogP contribution in [0.1, 0.15) is 26.7 Å². The van der Waals surface area contributed by atoms with E-state index >= 15 is 0 Å². The number of hydrogen-bond donors (Lipinski definition) is 0. The highest BCUT2D eigenvalue weighted by Crippen LogP contribution is 2.21. The highest BCUT2D eigenvalue weighted by atomic mass is 28.3. The Morgan fingerprint density at radius 2 is 1.88 bits per heavy atom. The molecule has 0 radical (unpaired) electrons. The third kappa shape index (κ3) is 5.00. The predicted octanol–water partition coefficient (Wildman–Crippen LogP) is 3.63. The Balaban J connectivity index is 2.38. The van der Waals surface area contributed by atoms with Crippen LogP contribution in [-0.2, 0) is 4.74 Å². The number of ether oxygens (including phenoxy) is 1. The van der Waals surface area contributed by atoms with Gasteiger partial charge in [-0.15, -0.1) is 11.5 Å². The number of rotatable bonds is 2. The first-order valence-electron chi connectivity index (χ1n) is 6.22. The van der Waals surface area contributed by atoms with Crippen molar-refractivity contribution in [2.75, 3.05) is 0 Å². The van der Waals surface area contributed by atoms with E-state index in [1.165, 1.54) is 0 Å². The summed E-state index contributed by atoms with van der Waals surface area (Å²) >= 11 is 0. The molecule has 0 aromatic rings. The molecule has 3 atom stereocenters. The van der Waals surface area contributed by atoms with E-state index in [0.29, 0.717) is 12.0 Å². The maximum absolute atomic E-state index is 5.89. The lowest BCUT2D eigenvalue weighted by molar-refractivity contribution is -0.0126. The fraction of sp³-hybridized carbons (Fsp3) is 0.714. The molecule has 0 fully saturated rings. The zero-order chi connectivity index (χ0) is 12.2. The van der Waals surface area contributed by atoms with Crippen LogP contribution in [0.15, 0.2) is 12.2 Å². The highest BCUT2D eigenvalue weighted by Gasteiger charge is 2.20. The van der Waals surface area contributed by atoms with Crippen molar-refractivity contribution in [3.8, 4) is 11.5 Å². The Labute approximate surface area is 101 Å². The van der Waals surface area contributed by atoms with Crippen LogP contribution in [0, 0.1) is 17.4 Å². The van der Waals surface area contributed by atoms with Crippen LogP contribution in [0.3, 0.4) is 0 Å². The smallest absolute Gasteiger partial charge is 0.129 e. The Bertz CT molecular complexity index is 303. The van der Waals surface area contributed by atoms with Gasteiger partial charge in [-0.2, -0.15) is 0 Å². The molecule has 0 aliphatic carbocycles. The lowest BCUT2D eigenvalue weighted by Gasteiger charge is -2.28. The Morgan fingerprint density at radius 1 is 1.19 bits per heavy atom. The van der Waals surface area contributed by atoms with E-state index in [4.69, 9.17) is 4.74 Å². The average Bonchev–Trinajstić information content (AvgIpc) is 2.16. The van der Waals surface area contributed by atoms with Gasteiger partial charge in [-0.1, -0.05) is 38.7 Å². The van der Waals surface area contributed by atoms with Crippen LogP contribution >= 0.6 is 0 Å². The van der Waals surface area contributed by atoms with Crippen LogP contribution in [0.4, 0.5) is 0 Å². The van der Waals surface area contributed by atoms with Crippen molar-refractivity contribution in [3.05, 3.63) is 12.2 Å². The first kappa shape index (κ1) is 13.5. The van der Waals surface area contributed by atoms with Gasteiger partial charge in [0.2, 0.25) is 0 Å². The van der Waals surface area contributed by atoms with Crippen LogP contribution in [-0.4, -0.2) is 20.3 Å². The van der Waals surface area contributed by atoms with E-state index in [0.717, 1.165) is 12.8 Å². The zero-order valence-corrected chi connectivity index (χ0v) is 12.2. The van der Waals surface area contributed by atoms with Crippen molar-refractivity contribution < 1.29 is 4.74 Å². The van der Waals surface area contributed by atoms with Gasteiger partial charge in [0.15, 0.2) is 0 Å². The summed E-state index contributed by atoms with van der Waals surface area (Å²) in [6.45, 7) is 11.2. The maximum Gasteiger partial charge on any atom is 0.129 e. The third-order valence-corrected chi connectivity index (χ3v) is 3.61. The van der Waals surface area contributed by atoms with Gasteiger partial charge < -0.3 is 4.74 Å². The highest BCUT2D eigenvalue weighted by molar-refractivity contribution is 6.83. The molecule has 0 saturated carbocycles. The van der Waals surface area contributed by atoms with E-state index in [1.807, 2.05) is 0 Å². The summed E-state index contributed by atoms with van der Waals surface area (Å²) in [7, 11) is -1.19. The van der Waals surface area contributed by atoms with E-state index < -0.39 is 8.07 Å². The molecule has 2 heteroatoms. The minimum Gasteiger partial charge on any atom is -0.371 e. The summed E-state index contributed by atoms with van der Waals surface area (Å²) in [5.74, 6) is 3.85. The van der Waals surface area contributed by atoms with E-state index in [1.54, 1.807) is 0 Å². The molecule has 1 nitrogen and oxygen atoms in total. The van der Waals surface area contributed by atoms with Crippen molar-refractivity contribution in [3.63, 3.8) is 0 Å². The van der Waals surface area contributed by atoms with E-state index in [2.05, 4.69) is 57.1 Å². The fourth-order valence-electron chi connectivity index (χ4n) is 1.77. The molecule has 1 rings (SSSR count). The Hall–Kier alpha value is -0.523. The average molecular weight is 236 g/mol. The van der Waals surface area contributed by atoms with Crippen molar-refractivity contribution in [1.29, 1.82) is 0 Å². The van der Waals surface area contributed by atoms with Crippen LogP contribution in [0.25, 0.3) is 0 Å². The summed E-state index contributed by atoms with van der Waals surface area (Å²) in [5.41, 5.74) is 3.40. The first-order valence-corrected chi connectivity index (χ1v) is 9.72. The standard InChI is InChI=1S/C14H24OSi/c1-12-9-10-13(2)15-14(12)8-6-7-11-16(3,4)5/h9-10,12-14H,6,8H2,1-5H3/t12-,13+,14-/m0/s1. The normalized spacial score (nSPS) is 29.7. The molecule has 1 heterocycles. The summed E-state index contributed by atoms with van der Waals surface area (Å²) in [5, 5.41) is 0. The van der Waals surface area contributed by atoms with Crippen molar-refractivity contribution >= 4 is 8.07 Å². The summed E-state index contributed by atoms with van der Waals surface area (Å²) in [6, 6.07) is 0. The monoisotopic (exact) mass is 236 g/mol. The molecular weight excluding hydrogens is 212 g/mol. The molecule has 0 aromatic carbocycles. The van der Waals surface area contributed by atoms with Gasteiger partial charge in [0.25, 0.3) is 0 Å². The van der Waals surface area contributed by atoms with Crippen molar-refractivity contribution in [2.24, 2.45) is 5.92 Å². The molecule has 0 bridgehead atoms. The van der Waals surface area contributed by atoms with E-state index in [-0.39, 0.29) is 6.10 Å². The van der Waals surface area contributed by atoms with Gasteiger partial charge in [-0.25, -0.2) is 0 Å². The molecule has 16 heavy (non-hydrogen) atoms. The van der Waals surface area contributed by atoms with Gasteiger partial charge >= 0.3 is 0 Å². The molecule has 90 valence electrons. The molecule has 0 aromatic heterocycles. The van der Waals surface area contributed by atoms with Gasteiger partial charge in [-0.05, 0) is 13.3 Å². The second-order valence-electron chi connectivity index (χ2n) is 5.71. The van der Waals surface area contributed by atoms with Crippen LogP contribution < -0.4 is 0 Å². The van der Waals surface area contributed by atoms with Crippen LogP contribution in [0.2, 0.25) is 19.6 Å². The zero-order valence-electron chi connectivity index (χ0n) is 11.2. The molecule has 1 aliphatic heterocycles.